The van der Waals surface area contributed by atoms with Gasteiger partial charge in [-0.3, -0.25) is 14.5 Å². The zero-order valence-corrected chi connectivity index (χ0v) is 25.2. The molecule has 6 fully saturated rings. The van der Waals surface area contributed by atoms with Crippen molar-refractivity contribution >= 4 is 11.9 Å². The van der Waals surface area contributed by atoms with E-state index in [0.29, 0.717) is 29.7 Å². The van der Waals surface area contributed by atoms with Gasteiger partial charge in [0.1, 0.15) is 12.1 Å². The van der Waals surface area contributed by atoms with Crippen molar-refractivity contribution in [3.05, 3.63) is 0 Å². The second kappa shape index (κ2) is 10.3. The van der Waals surface area contributed by atoms with Crippen LogP contribution in [0.25, 0.3) is 0 Å². The van der Waals surface area contributed by atoms with E-state index in [9.17, 15) is 9.59 Å². The smallest absolute Gasteiger partial charge is 0.303 e. The largest absolute Gasteiger partial charge is 0.461 e. The second-order valence-electron chi connectivity index (χ2n) is 15.0. The number of morpholine rings is 1. The Hall–Kier alpha value is -1.18. The third kappa shape index (κ3) is 4.67. The van der Waals surface area contributed by atoms with Crippen molar-refractivity contribution in [2.24, 2.45) is 34.5 Å². The SMILES string of the molecule is CC(=O)O[C@H]1C[C@@H]2CC[C@@H]3[C@H](CC[C@@]4(C)[C@H]3C[C@H]([N+]3(C)CCCC3)[C@@H]4OC(C)=O)[C@@]2(C)C[C@@H]1N1CCOCC1. The number of ether oxygens (including phenoxy) is 3. The predicted molar refractivity (Wildman–Crippen MR) is 149 cm³/mol. The minimum absolute atomic E-state index is 0.00657. The maximum Gasteiger partial charge on any atom is 0.303 e. The summed E-state index contributed by atoms with van der Waals surface area (Å²) in [5.41, 5.74) is 0.327. The molecule has 6 aliphatic rings. The summed E-state index contributed by atoms with van der Waals surface area (Å²) in [5, 5.41) is 0. The molecule has 4 saturated carbocycles. The van der Waals surface area contributed by atoms with Gasteiger partial charge in [0.15, 0.2) is 6.10 Å². The summed E-state index contributed by atoms with van der Waals surface area (Å²) >= 11 is 0. The quantitative estimate of drug-likeness (QED) is 0.385. The van der Waals surface area contributed by atoms with E-state index in [1.807, 2.05) is 0 Å². The van der Waals surface area contributed by atoms with Crippen molar-refractivity contribution in [2.45, 2.75) is 110 Å². The molecular formula is C32H53N2O5+. The van der Waals surface area contributed by atoms with Gasteiger partial charge in [-0.2, -0.15) is 0 Å². The second-order valence-corrected chi connectivity index (χ2v) is 15.0. The molecule has 6 rings (SSSR count). The Bertz CT molecular complexity index is 945. The van der Waals surface area contributed by atoms with E-state index in [4.69, 9.17) is 14.2 Å². The van der Waals surface area contributed by atoms with Crippen LogP contribution in [-0.4, -0.2) is 92.1 Å². The molecule has 0 aromatic heterocycles. The molecule has 0 N–H and O–H groups in total. The molecule has 2 heterocycles. The van der Waals surface area contributed by atoms with Crippen LogP contribution in [0.15, 0.2) is 0 Å². The summed E-state index contributed by atoms with van der Waals surface area (Å²) in [6, 6.07) is 0.710. The highest BCUT2D eigenvalue weighted by Gasteiger charge is 2.67. The lowest BCUT2D eigenvalue weighted by atomic mass is 9.44. The fraction of sp³-hybridized carbons (Fsp3) is 0.938. The zero-order chi connectivity index (χ0) is 27.6. The molecule has 0 unspecified atom stereocenters. The van der Waals surface area contributed by atoms with Crippen LogP contribution in [0.4, 0.5) is 0 Å². The van der Waals surface area contributed by atoms with E-state index in [-0.39, 0.29) is 41.0 Å². The van der Waals surface area contributed by atoms with Crippen LogP contribution in [0.2, 0.25) is 0 Å². The summed E-state index contributed by atoms with van der Waals surface area (Å²) in [5.74, 6) is 2.36. The minimum atomic E-state index is -0.143. The lowest BCUT2D eigenvalue weighted by molar-refractivity contribution is -0.924. The summed E-state index contributed by atoms with van der Waals surface area (Å²) < 4.78 is 19.1. The molecule has 0 aromatic rings. The molecule has 7 heteroatoms. The number of nitrogens with zero attached hydrogens (tertiary/aromatic N) is 2. The first-order chi connectivity index (χ1) is 18.5. The Balaban J connectivity index is 1.29. The molecule has 220 valence electrons. The van der Waals surface area contributed by atoms with Crippen LogP contribution < -0.4 is 0 Å². The van der Waals surface area contributed by atoms with Crippen molar-refractivity contribution in [2.75, 3.05) is 46.4 Å². The van der Waals surface area contributed by atoms with Gasteiger partial charge in [-0.25, -0.2) is 0 Å². The molecule has 0 amide bonds. The summed E-state index contributed by atoms with van der Waals surface area (Å²) in [6.07, 6.45) is 10.8. The number of rotatable bonds is 4. The van der Waals surface area contributed by atoms with Gasteiger partial charge in [0, 0.05) is 57.7 Å². The number of carbonyl (C=O) groups excluding carboxylic acids is 2. The highest BCUT2D eigenvalue weighted by atomic mass is 16.5. The van der Waals surface area contributed by atoms with E-state index >= 15 is 0 Å². The Morgan fingerprint density at radius 2 is 1.59 bits per heavy atom. The summed E-state index contributed by atoms with van der Waals surface area (Å²) in [6.45, 7) is 14.1. The molecule has 0 bridgehead atoms. The van der Waals surface area contributed by atoms with Crippen LogP contribution in [0.5, 0.6) is 0 Å². The van der Waals surface area contributed by atoms with Gasteiger partial charge in [-0.05, 0) is 67.6 Å². The fourth-order valence-electron chi connectivity index (χ4n) is 11.2. The van der Waals surface area contributed by atoms with Gasteiger partial charge < -0.3 is 18.7 Å². The normalized spacial score (nSPS) is 47.5. The molecule has 2 aliphatic heterocycles. The fourth-order valence-corrected chi connectivity index (χ4v) is 11.2. The van der Waals surface area contributed by atoms with Crippen molar-refractivity contribution in [3.8, 4) is 0 Å². The lowest BCUT2D eigenvalue weighted by Gasteiger charge is -2.62. The number of likely N-dealkylation sites (tertiary alicyclic amines) is 1. The Morgan fingerprint density at radius 1 is 0.897 bits per heavy atom. The first-order valence-corrected chi connectivity index (χ1v) is 16.1. The van der Waals surface area contributed by atoms with Crippen molar-refractivity contribution < 1.29 is 28.3 Å². The van der Waals surface area contributed by atoms with E-state index in [1.165, 1.54) is 51.6 Å². The van der Waals surface area contributed by atoms with Crippen LogP contribution in [0, 0.1) is 34.5 Å². The van der Waals surface area contributed by atoms with Gasteiger partial charge in [-0.1, -0.05) is 13.8 Å². The molecule has 2 saturated heterocycles. The molecule has 10 atom stereocenters. The van der Waals surface area contributed by atoms with E-state index in [2.05, 4.69) is 25.8 Å². The van der Waals surface area contributed by atoms with E-state index in [1.54, 1.807) is 13.8 Å². The zero-order valence-electron chi connectivity index (χ0n) is 25.2. The number of carbonyl (C=O) groups is 2. The molecule has 4 aliphatic carbocycles. The van der Waals surface area contributed by atoms with Gasteiger partial charge in [0.25, 0.3) is 0 Å². The molecular weight excluding hydrogens is 492 g/mol. The standard InChI is InChI=1S/C32H53N2O5/c1-21(35)38-29-18-23-8-9-24-25(32(23,4)20-27(29)33-12-16-37-17-13-33)10-11-31(3)26(24)19-28(30(31)39-22(2)36)34(5)14-6-7-15-34/h23-30H,6-20H2,1-5H3/q+1/t23-,24+,25-,26-,27-,28-,29-,30-,31-,32-/m0/s1. The van der Waals surface area contributed by atoms with Gasteiger partial charge >= 0.3 is 11.9 Å². The third-order valence-corrected chi connectivity index (χ3v) is 13.1. The average Bonchev–Trinajstić information content (AvgIpc) is 3.46. The van der Waals surface area contributed by atoms with Gasteiger partial charge in [-0.15, -0.1) is 0 Å². The Labute approximate surface area is 235 Å². The van der Waals surface area contributed by atoms with E-state index < -0.39 is 0 Å². The lowest BCUT2D eigenvalue weighted by Crippen LogP contribution is -2.61. The summed E-state index contributed by atoms with van der Waals surface area (Å²) in [7, 11) is 2.44. The highest BCUT2D eigenvalue weighted by molar-refractivity contribution is 5.66. The van der Waals surface area contributed by atoms with E-state index in [0.717, 1.165) is 50.0 Å². The summed E-state index contributed by atoms with van der Waals surface area (Å²) in [4.78, 5) is 27.1. The maximum atomic E-state index is 12.4. The number of hydrogen-bond acceptors (Lipinski definition) is 6. The first kappa shape index (κ1) is 28.0. The third-order valence-electron chi connectivity index (χ3n) is 13.1. The minimum Gasteiger partial charge on any atom is -0.461 e. The van der Waals surface area contributed by atoms with Crippen LogP contribution >= 0.6 is 0 Å². The molecule has 0 radical (unpaired) electrons. The monoisotopic (exact) mass is 545 g/mol. The van der Waals surface area contributed by atoms with Crippen LogP contribution in [0.1, 0.15) is 85.5 Å². The van der Waals surface area contributed by atoms with Crippen LogP contribution in [0.3, 0.4) is 0 Å². The highest BCUT2D eigenvalue weighted by Crippen LogP contribution is 2.67. The van der Waals surface area contributed by atoms with Crippen molar-refractivity contribution in [1.82, 2.24) is 4.90 Å². The number of quaternary nitrogens is 1. The Kier molecular flexibility index (Phi) is 7.36. The average molecular weight is 546 g/mol. The van der Waals surface area contributed by atoms with Crippen molar-refractivity contribution in [3.63, 3.8) is 0 Å². The maximum absolute atomic E-state index is 12.4. The number of likely N-dealkylation sites (N-methyl/N-ethyl adjacent to an activating group) is 1. The first-order valence-electron chi connectivity index (χ1n) is 16.1. The number of hydrogen-bond donors (Lipinski definition) is 0. The Morgan fingerprint density at radius 3 is 2.26 bits per heavy atom. The molecule has 7 nitrogen and oxygen atoms in total. The molecule has 39 heavy (non-hydrogen) atoms. The number of fused-ring (bicyclic) bond motifs is 5. The molecule has 0 aromatic carbocycles. The van der Waals surface area contributed by atoms with Gasteiger partial charge in [0.05, 0.1) is 33.4 Å². The number of esters is 2. The van der Waals surface area contributed by atoms with Gasteiger partial charge in [0.2, 0.25) is 0 Å². The van der Waals surface area contributed by atoms with Crippen LogP contribution in [-0.2, 0) is 23.8 Å². The van der Waals surface area contributed by atoms with Crippen molar-refractivity contribution in [1.29, 1.82) is 0 Å². The topological polar surface area (TPSA) is 65.1 Å². The molecule has 0 spiro atoms. The predicted octanol–water partition coefficient (Wildman–Crippen LogP) is 4.42.